The molecule has 0 aliphatic carbocycles. The molecule has 0 unspecified atom stereocenters. The molecular formula is C23H15FIN5O3. The molecule has 1 aliphatic heterocycles. The lowest BCUT2D eigenvalue weighted by molar-refractivity contribution is 0.0736. The molecule has 33 heavy (non-hydrogen) atoms. The summed E-state index contributed by atoms with van der Waals surface area (Å²) in [7, 11) is 0. The van der Waals surface area contributed by atoms with Crippen molar-refractivity contribution in [3.8, 4) is 5.69 Å². The second-order valence-corrected chi connectivity index (χ2v) is 8.53. The van der Waals surface area contributed by atoms with Crippen LogP contribution < -0.4 is 5.69 Å². The Morgan fingerprint density at radius 1 is 1.06 bits per heavy atom. The van der Waals surface area contributed by atoms with Gasteiger partial charge in [0.1, 0.15) is 11.5 Å². The van der Waals surface area contributed by atoms with Crippen LogP contribution in [0, 0.1) is 16.3 Å². The standard InChI is InChI=1S/C23H15FIN5O3/c1-13-11-14(12-29-23(32)30(28-27-29)19-8-3-2-6-16(19)24)9-10-18(13)26-21-15-5-4-7-17(25)20(15)22(31)33-21/h2-11H,12H2,1H3/b26-21-. The van der Waals surface area contributed by atoms with Crippen LogP contribution in [0.2, 0.25) is 0 Å². The molecule has 2 heterocycles. The number of hydrogen-bond donors (Lipinski definition) is 0. The van der Waals surface area contributed by atoms with E-state index in [-0.39, 0.29) is 18.1 Å². The molecule has 0 radical (unpaired) electrons. The molecule has 0 saturated heterocycles. The number of cyclic esters (lactones) is 1. The molecule has 0 spiro atoms. The Labute approximate surface area is 200 Å². The fourth-order valence-corrected chi connectivity index (χ4v) is 4.28. The van der Waals surface area contributed by atoms with Crippen LogP contribution in [0.5, 0.6) is 0 Å². The highest BCUT2D eigenvalue weighted by Crippen LogP contribution is 2.28. The Morgan fingerprint density at radius 3 is 2.67 bits per heavy atom. The molecule has 3 aromatic carbocycles. The summed E-state index contributed by atoms with van der Waals surface area (Å²) in [6, 6.07) is 16.8. The van der Waals surface area contributed by atoms with Gasteiger partial charge in [0.2, 0.25) is 5.90 Å². The Kier molecular flexibility index (Phi) is 5.36. The van der Waals surface area contributed by atoms with Gasteiger partial charge in [-0.2, -0.15) is 9.36 Å². The van der Waals surface area contributed by atoms with E-state index in [1.54, 1.807) is 24.3 Å². The Bertz CT molecular complexity index is 1510. The van der Waals surface area contributed by atoms with Crippen LogP contribution in [-0.4, -0.2) is 31.7 Å². The lowest BCUT2D eigenvalue weighted by Gasteiger charge is -2.06. The number of carbonyl (C=O) groups is 1. The van der Waals surface area contributed by atoms with Gasteiger partial charge in [0.25, 0.3) is 0 Å². The van der Waals surface area contributed by atoms with Crippen molar-refractivity contribution in [2.24, 2.45) is 4.99 Å². The molecule has 0 atom stereocenters. The highest BCUT2D eigenvalue weighted by Gasteiger charge is 2.30. The van der Waals surface area contributed by atoms with Crippen LogP contribution in [0.1, 0.15) is 27.0 Å². The van der Waals surface area contributed by atoms with Crippen LogP contribution in [-0.2, 0) is 11.3 Å². The van der Waals surface area contributed by atoms with Crippen molar-refractivity contribution in [2.75, 3.05) is 0 Å². The van der Waals surface area contributed by atoms with Crippen LogP contribution in [0.15, 0.2) is 70.5 Å². The maximum atomic E-state index is 14.0. The minimum absolute atomic E-state index is 0.0390. The summed E-state index contributed by atoms with van der Waals surface area (Å²) in [6.07, 6.45) is 0. The molecule has 0 N–H and O–H groups in total. The molecule has 8 nitrogen and oxygen atoms in total. The molecule has 0 bridgehead atoms. The largest absolute Gasteiger partial charge is 0.403 e. The predicted octanol–water partition coefficient (Wildman–Crippen LogP) is 3.78. The second-order valence-electron chi connectivity index (χ2n) is 7.37. The number of carbonyl (C=O) groups excluding carboxylic acids is 1. The third-order valence-corrected chi connectivity index (χ3v) is 6.07. The highest BCUT2D eigenvalue weighted by atomic mass is 127. The molecule has 1 aliphatic rings. The van der Waals surface area contributed by atoms with Gasteiger partial charge in [0.05, 0.1) is 23.4 Å². The zero-order valence-electron chi connectivity index (χ0n) is 17.2. The zero-order chi connectivity index (χ0) is 23.1. The second kappa shape index (κ2) is 8.35. The van der Waals surface area contributed by atoms with Crippen molar-refractivity contribution < 1.29 is 13.9 Å². The average Bonchev–Trinajstić information content (AvgIpc) is 3.31. The van der Waals surface area contributed by atoms with E-state index in [2.05, 4.69) is 38.0 Å². The minimum Gasteiger partial charge on any atom is -0.403 e. The van der Waals surface area contributed by atoms with Gasteiger partial charge in [-0.1, -0.05) is 30.3 Å². The van der Waals surface area contributed by atoms with Gasteiger partial charge < -0.3 is 4.74 Å². The van der Waals surface area contributed by atoms with E-state index in [4.69, 9.17) is 4.74 Å². The number of aryl methyl sites for hydroxylation is 1. The van der Waals surface area contributed by atoms with Gasteiger partial charge >= 0.3 is 11.7 Å². The number of aliphatic imine (C=N–C) groups is 1. The number of tetrazole rings is 1. The number of esters is 1. The van der Waals surface area contributed by atoms with Crippen molar-refractivity contribution in [1.29, 1.82) is 0 Å². The molecule has 164 valence electrons. The van der Waals surface area contributed by atoms with E-state index in [1.807, 2.05) is 25.1 Å². The third-order valence-electron chi connectivity index (χ3n) is 5.17. The smallest absolute Gasteiger partial charge is 0.368 e. The third kappa shape index (κ3) is 3.86. The van der Waals surface area contributed by atoms with E-state index < -0.39 is 17.5 Å². The Hall–Kier alpha value is -3.67. The highest BCUT2D eigenvalue weighted by molar-refractivity contribution is 14.1. The van der Waals surface area contributed by atoms with Crippen molar-refractivity contribution in [3.63, 3.8) is 0 Å². The normalized spacial score (nSPS) is 13.9. The van der Waals surface area contributed by atoms with E-state index in [0.29, 0.717) is 16.8 Å². The number of aromatic nitrogens is 4. The van der Waals surface area contributed by atoms with Crippen molar-refractivity contribution in [3.05, 3.63) is 103 Å². The van der Waals surface area contributed by atoms with Gasteiger partial charge in [-0.3, -0.25) is 0 Å². The van der Waals surface area contributed by atoms with Crippen molar-refractivity contribution in [2.45, 2.75) is 13.5 Å². The van der Waals surface area contributed by atoms with E-state index in [0.717, 1.165) is 24.1 Å². The first-order valence-electron chi connectivity index (χ1n) is 9.89. The number of rotatable bonds is 4. The summed E-state index contributed by atoms with van der Waals surface area (Å²) in [5.41, 5.74) is 2.91. The lowest BCUT2D eigenvalue weighted by Crippen LogP contribution is -2.25. The summed E-state index contributed by atoms with van der Waals surface area (Å²) < 4.78 is 22.3. The number of para-hydroxylation sites is 1. The van der Waals surface area contributed by atoms with Gasteiger partial charge in [-0.05, 0) is 81.4 Å². The van der Waals surface area contributed by atoms with Gasteiger partial charge in [0, 0.05) is 3.57 Å². The molecular weight excluding hydrogens is 540 g/mol. The zero-order valence-corrected chi connectivity index (χ0v) is 19.4. The molecule has 0 fully saturated rings. The topological polar surface area (TPSA) is 91.4 Å². The van der Waals surface area contributed by atoms with E-state index >= 15 is 0 Å². The molecule has 10 heteroatoms. The average molecular weight is 555 g/mol. The van der Waals surface area contributed by atoms with Crippen molar-refractivity contribution in [1.82, 2.24) is 19.8 Å². The first-order chi connectivity index (χ1) is 15.9. The molecule has 5 rings (SSSR count). The number of benzene rings is 3. The van der Waals surface area contributed by atoms with E-state index in [9.17, 15) is 14.0 Å². The Morgan fingerprint density at radius 2 is 1.88 bits per heavy atom. The first-order valence-corrected chi connectivity index (χ1v) is 11.0. The number of hydrogen-bond acceptors (Lipinski definition) is 6. The van der Waals surface area contributed by atoms with Crippen LogP contribution >= 0.6 is 22.6 Å². The summed E-state index contributed by atoms with van der Waals surface area (Å²) >= 11 is 2.10. The predicted molar refractivity (Wildman–Crippen MR) is 127 cm³/mol. The van der Waals surface area contributed by atoms with E-state index in [1.165, 1.54) is 18.2 Å². The number of fused-ring (bicyclic) bond motifs is 1. The quantitative estimate of drug-likeness (QED) is 0.283. The summed E-state index contributed by atoms with van der Waals surface area (Å²) in [5.74, 6) is -0.719. The fraction of sp³-hybridized carbons (Fsp3) is 0.0870. The van der Waals surface area contributed by atoms with Crippen LogP contribution in [0.25, 0.3) is 5.69 Å². The summed E-state index contributed by atoms with van der Waals surface area (Å²) in [6.45, 7) is 2.02. The molecule has 4 aromatic rings. The minimum atomic E-state index is -0.560. The molecule has 0 saturated carbocycles. The summed E-state index contributed by atoms with van der Waals surface area (Å²) in [5, 5.41) is 7.66. The summed E-state index contributed by atoms with van der Waals surface area (Å²) in [4.78, 5) is 29.4. The van der Waals surface area contributed by atoms with Crippen LogP contribution in [0.4, 0.5) is 10.1 Å². The van der Waals surface area contributed by atoms with Crippen LogP contribution in [0.3, 0.4) is 0 Å². The lowest BCUT2D eigenvalue weighted by atomic mass is 10.1. The number of ether oxygens (including phenoxy) is 1. The number of nitrogens with zero attached hydrogens (tertiary/aromatic N) is 5. The van der Waals surface area contributed by atoms with Gasteiger partial charge in [-0.15, -0.1) is 0 Å². The Balaban J connectivity index is 1.42. The first kappa shape index (κ1) is 21.2. The van der Waals surface area contributed by atoms with Gasteiger partial charge in [-0.25, -0.2) is 19.0 Å². The van der Waals surface area contributed by atoms with Crippen molar-refractivity contribution >= 4 is 40.1 Å². The van der Waals surface area contributed by atoms with Gasteiger partial charge in [0.15, 0.2) is 0 Å². The maximum Gasteiger partial charge on any atom is 0.368 e. The monoisotopic (exact) mass is 555 g/mol. The maximum absolute atomic E-state index is 14.0. The molecule has 1 aromatic heterocycles. The number of halogens is 2. The molecule has 0 amide bonds. The SMILES string of the molecule is Cc1cc(Cn2nnn(-c3ccccc3F)c2=O)ccc1/N=C1\OC(=O)c2c(I)cccc21. The fourth-order valence-electron chi connectivity index (χ4n) is 3.56.